The SMILES string of the molecule is O=C(Nc1cc(F)c(Br)cc1F)c1ccc(I)cc1. The molecule has 0 unspecified atom stereocenters. The molecule has 0 heterocycles. The van der Waals surface area contributed by atoms with Crippen LogP contribution < -0.4 is 5.32 Å². The molecule has 6 heteroatoms. The van der Waals surface area contributed by atoms with Crippen molar-refractivity contribution < 1.29 is 13.6 Å². The number of amides is 1. The summed E-state index contributed by atoms with van der Waals surface area (Å²) in [5, 5.41) is 2.34. The Bertz CT molecular complexity index is 631. The highest BCUT2D eigenvalue weighted by Crippen LogP contribution is 2.23. The van der Waals surface area contributed by atoms with Crippen LogP contribution in [0.4, 0.5) is 14.5 Å². The third-order valence-electron chi connectivity index (χ3n) is 2.36. The van der Waals surface area contributed by atoms with E-state index in [-0.39, 0.29) is 10.2 Å². The number of halogens is 4. The highest BCUT2D eigenvalue weighted by atomic mass is 127. The molecule has 0 spiro atoms. The number of hydrogen-bond donors (Lipinski definition) is 1. The molecule has 0 radical (unpaired) electrons. The molecule has 0 saturated carbocycles. The molecule has 0 bridgehead atoms. The van der Waals surface area contributed by atoms with E-state index in [1.807, 2.05) is 0 Å². The van der Waals surface area contributed by atoms with Crippen LogP contribution in [0.25, 0.3) is 0 Å². The Balaban J connectivity index is 2.24. The maximum atomic E-state index is 13.6. The summed E-state index contributed by atoms with van der Waals surface area (Å²) in [6.45, 7) is 0. The van der Waals surface area contributed by atoms with E-state index in [9.17, 15) is 13.6 Å². The Labute approximate surface area is 130 Å². The molecule has 2 nitrogen and oxygen atoms in total. The lowest BCUT2D eigenvalue weighted by Crippen LogP contribution is -2.13. The van der Waals surface area contributed by atoms with Crippen LogP contribution in [0.5, 0.6) is 0 Å². The zero-order chi connectivity index (χ0) is 14.0. The van der Waals surface area contributed by atoms with Gasteiger partial charge in [-0.3, -0.25) is 4.79 Å². The molecular formula is C13H7BrF2INO. The largest absolute Gasteiger partial charge is 0.319 e. The van der Waals surface area contributed by atoms with E-state index >= 15 is 0 Å². The minimum absolute atomic E-state index is 0.0114. The lowest BCUT2D eigenvalue weighted by atomic mass is 10.2. The highest BCUT2D eigenvalue weighted by Gasteiger charge is 2.12. The van der Waals surface area contributed by atoms with E-state index in [2.05, 4.69) is 43.8 Å². The van der Waals surface area contributed by atoms with Gasteiger partial charge in [-0.1, -0.05) is 0 Å². The molecular weight excluding hydrogens is 431 g/mol. The van der Waals surface area contributed by atoms with Crippen molar-refractivity contribution in [2.45, 2.75) is 0 Å². The summed E-state index contributed by atoms with van der Waals surface area (Å²) < 4.78 is 27.9. The molecule has 19 heavy (non-hydrogen) atoms. The smallest absolute Gasteiger partial charge is 0.255 e. The third kappa shape index (κ3) is 3.50. The molecule has 0 aliphatic carbocycles. The van der Waals surface area contributed by atoms with Gasteiger partial charge in [-0.2, -0.15) is 0 Å². The summed E-state index contributed by atoms with van der Waals surface area (Å²) in [7, 11) is 0. The van der Waals surface area contributed by atoms with E-state index in [4.69, 9.17) is 0 Å². The van der Waals surface area contributed by atoms with Gasteiger partial charge in [0.15, 0.2) is 0 Å². The van der Waals surface area contributed by atoms with Crippen molar-refractivity contribution in [3.63, 3.8) is 0 Å². The summed E-state index contributed by atoms with van der Waals surface area (Å²) in [4.78, 5) is 11.9. The summed E-state index contributed by atoms with van der Waals surface area (Å²) in [6, 6.07) is 8.65. The van der Waals surface area contributed by atoms with Gasteiger partial charge in [0.05, 0.1) is 10.2 Å². The van der Waals surface area contributed by atoms with E-state index in [0.29, 0.717) is 5.56 Å². The Morgan fingerprint density at radius 2 is 1.74 bits per heavy atom. The van der Waals surface area contributed by atoms with E-state index < -0.39 is 17.5 Å². The zero-order valence-electron chi connectivity index (χ0n) is 9.38. The van der Waals surface area contributed by atoms with Gasteiger partial charge in [-0.15, -0.1) is 0 Å². The summed E-state index contributed by atoms with van der Waals surface area (Å²) in [6.07, 6.45) is 0. The van der Waals surface area contributed by atoms with Crippen molar-refractivity contribution in [1.82, 2.24) is 0 Å². The number of benzene rings is 2. The van der Waals surface area contributed by atoms with Gasteiger partial charge >= 0.3 is 0 Å². The van der Waals surface area contributed by atoms with Crippen LogP contribution in [0.2, 0.25) is 0 Å². The Hall–Kier alpha value is -1.02. The zero-order valence-corrected chi connectivity index (χ0v) is 13.1. The average molecular weight is 438 g/mol. The van der Waals surface area contributed by atoms with Crippen LogP contribution in [0.15, 0.2) is 40.9 Å². The monoisotopic (exact) mass is 437 g/mol. The van der Waals surface area contributed by atoms with Crippen molar-refractivity contribution in [3.8, 4) is 0 Å². The number of anilines is 1. The lowest BCUT2D eigenvalue weighted by molar-refractivity contribution is 0.102. The van der Waals surface area contributed by atoms with Crippen molar-refractivity contribution >= 4 is 50.1 Å². The summed E-state index contributed by atoms with van der Waals surface area (Å²) in [5.41, 5.74) is 0.187. The Kier molecular flexibility index (Phi) is 4.51. The standard InChI is InChI=1S/C13H7BrF2INO/c14-9-5-11(16)12(6-10(9)15)18-13(19)7-1-3-8(17)4-2-7/h1-6H,(H,18,19). The number of rotatable bonds is 2. The number of carbonyl (C=O) groups is 1. The first-order chi connectivity index (χ1) is 8.97. The second kappa shape index (κ2) is 5.96. The predicted octanol–water partition coefficient (Wildman–Crippen LogP) is 4.58. The van der Waals surface area contributed by atoms with E-state index in [0.717, 1.165) is 15.7 Å². The highest BCUT2D eigenvalue weighted by molar-refractivity contribution is 14.1. The number of nitrogens with one attached hydrogen (secondary N) is 1. The molecule has 0 atom stereocenters. The predicted molar refractivity (Wildman–Crippen MR) is 81.2 cm³/mol. The quantitative estimate of drug-likeness (QED) is 0.540. The number of hydrogen-bond acceptors (Lipinski definition) is 1. The van der Waals surface area contributed by atoms with Crippen LogP contribution in [-0.4, -0.2) is 5.91 Å². The fourth-order valence-electron chi connectivity index (χ4n) is 1.41. The molecule has 0 saturated heterocycles. The van der Waals surface area contributed by atoms with Gasteiger partial charge in [-0.25, -0.2) is 8.78 Å². The molecule has 2 aromatic carbocycles. The molecule has 1 N–H and O–H groups in total. The van der Waals surface area contributed by atoms with Gasteiger partial charge in [0, 0.05) is 15.2 Å². The van der Waals surface area contributed by atoms with Gasteiger partial charge in [0.25, 0.3) is 5.91 Å². The minimum Gasteiger partial charge on any atom is -0.319 e. The molecule has 0 fully saturated rings. The lowest BCUT2D eigenvalue weighted by Gasteiger charge is -2.07. The second-order valence-corrected chi connectivity index (χ2v) is 5.81. The maximum Gasteiger partial charge on any atom is 0.255 e. The van der Waals surface area contributed by atoms with Gasteiger partial charge in [0.1, 0.15) is 11.6 Å². The molecule has 2 rings (SSSR count). The topological polar surface area (TPSA) is 29.1 Å². The first-order valence-electron chi connectivity index (χ1n) is 5.19. The molecule has 2 aromatic rings. The van der Waals surface area contributed by atoms with E-state index in [1.165, 1.54) is 0 Å². The van der Waals surface area contributed by atoms with Crippen LogP contribution in [0, 0.1) is 15.2 Å². The summed E-state index contributed by atoms with van der Waals surface area (Å²) >= 11 is 4.98. The van der Waals surface area contributed by atoms with Crippen molar-refractivity contribution in [3.05, 3.63) is 61.6 Å². The second-order valence-electron chi connectivity index (χ2n) is 3.71. The summed E-state index contributed by atoms with van der Waals surface area (Å²) in [5.74, 6) is -1.83. The number of carbonyl (C=O) groups excluding carboxylic acids is 1. The molecule has 98 valence electrons. The normalized spacial score (nSPS) is 10.3. The minimum atomic E-state index is -0.702. The molecule has 1 amide bonds. The third-order valence-corrected chi connectivity index (χ3v) is 3.69. The van der Waals surface area contributed by atoms with Crippen LogP contribution in [0.3, 0.4) is 0 Å². The van der Waals surface area contributed by atoms with E-state index in [1.54, 1.807) is 24.3 Å². The molecule has 0 aliphatic heterocycles. The van der Waals surface area contributed by atoms with Crippen molar-refractivity contribution in [2.24, 2.45) is 0 Å². The molecule has 0 aromatic heterocycles. The Morgan fingerprint density at radius 3 is 2.37 bits per heavy atom. The average Bonchev–Trinajstić information content (AvgIpc) is 2.36. The van der Waals surface area contributed by atoms with Gasteiger partial charge in [0.2, 0.25) is 0 Å². The van der Waals surface area contributed by atoms with Crippen LogP contribution >= 0.6 is 38.5 Å². The fraction of sp³-hybridized carbons (Fsp3) is 0. The van der Waals surface area contributed by atoms with Crippen LogP contribution in [-0.2, 0) is 0 Å². The van der Waals surface area contributed by atoms with Gasteiger partial charge < -0.3 is 5.32 Å². The van der Waals surface area contributed by atoms with Crippen molar-refractivity contribution in [2.75, 3.05) is 5.32 Å². The first kappa shape index (κ1) is 14.4. The fourth-order valence-corrected chi connectivity index (χ4v) is 2.09. The van der Waals surface area contributed by atoms with Crippen LogP contribution in [0.1, 0.15) is 10.4 Å². The Morgan fingerprint density at radius 1 is 1.11 bits per heavy atom. The van der Waals surface area contributed by atoms with Crippen molar-refractivity contribution in [1.29, 1.82) is 0 Å². The first-order valence-corrected chi connectivity index (χ1v) is 7.06. The molecule has 0 aliphatic rings. The van der Waals surface area contributed by atoms with Gasteiger partial charge in [-0.05, 0) is 68.9 Å². The maximum absolute atomic E-state index is 13.6.